The molecule has 127 valence electrons. The van der Waals surface area contributed by atoms with E-state index in [-0.39, 0.29) is 32.3 Å². The van der Waals surface area contributed by atoms with Crippen molar-refractivity contribution >= 4 is 15.2 Å². The normalized spacial score (nSPS) is 22.7. The summed E-state index contributed by atoms with van der Waals surface area (Å²) in [7, 11) is -1.31. The molecule has 0 nitrogen and oxygen atoms in total. The maximum absolute atomic E-state index is 2.66. The van der Waals surface area contributed by atoms with Gasteiger partial charge in [0, 0.05) is 0 Å². The van der Waals surface area contributed by atoms with Gasteiger partial charge >= 0.3 is 141 Å². The van der Waals surface area contributed by atoms with E-state index in [1.165, 1.54) is 0 Å². The molecule has 0 aromatic heterocycles. The Morgan fingerprint density at radius 2 is 1.27 bits per heavy atom. The van der Waals surface area contributed by atoms with Crippen molar-refractivity contribution in [3.8, 4) is 0 Å². The molecule has 0 aromatic rings. The van der Waals surface area contributed by atoms with Gasteiger partial charge in [0.15, 0.2) is 0 Å². The molecule has 0 N–H and O–H groups in total. The van der Waals surface area contributed by atoms with Gasteiger partial charge in [-0.25, -0.2) is 0 Å². The zero-order chi connectivity index (χ0) is 16.0. The van der Waals surface area contributed by atoms with E-state index in [0.717, 1.165) is 11.3 Å². The molecule has 0 fully saturated rings. The van der Waals surface area contributed by atoms with Crippen LogP contribution in [0.25, 0.3) is 0 Å². The van der Waals surface area contributed by atoms with Gasteiger partial charge < -0.3 is 24.8 Å². The predicted molar refractivity (Wildman–Crippen MR) is 94.1 cm³/mol. The van der Waals surface area contributed by atoms with Crippen LogP contribution in [0.1, 0.15) is 55.4 Å². The smallest absolute Gasteiger partial charge is 1.00 e. The largest absolute Gasteiger partial charge is 1.00 e. The van der Waals surface area contributed by atoms with E-state index in [1.807, 2.05) is 0 Å². The number of rotatable bonds is 4. The molecule has 1 aliphatic carbocycles. The Balaban J connectivity index is 0. The van der Waals surface area contributed by atoms with Crippen molar-refractivity contribution in [2.75, 3.05) is 0 Å². The molecule has 0 spiro atoms. The first kappa shape index (κ1) is 25.7. The van der Waals surface area contributed by atoms with E-state index in [2.05, 4.69) is 88.9 Å². The van der Waals surface area contributed by atoms with Crippen molar-refractivity contribution in [2.45, 2.75) is 84.8 Å². The second kappa shape index (κ2) is 8.68. The predicted octanol–water partition coefficient (Wildman–Crippen LogP) is 0.429. The van der Waals surface area contributed by atoms with Gasteiger partial charge in [-0.05, 0) is 0 Å². The molecular weight excluding hydrogens is 382 g/mol. The van der Waals surface area contributed by atoms with E-state index in [1.54, 1.807) is 20.6 Å². The molecule has 0 aliphatic heterocycles. The molecule has 22 heavy (non-hydrogen) atoms. The van der Waals surface area contributed by atoms with E-state index in [9.17, 15) is 0 Å². The molecule has 0 radical (unpaired) electrons. The van der Waals surface area contributed by atoms with Crippen LogP contribution in [-0.4, -0.2) is 19.1 Å². The topological polar surface area (TPSA) is 0 Å². The molecule has 5 heteroatoms. The summed E-state index contributed by atoms with van der Waals surface area (Å²) in [4.78, 5) is 0. The van der Waals surface area contributed by atoms with Crippen molar-refractivity contribution in [1.82, 2.24) is 0 Å². The first-order valence-electron chi connectivity index (χ1n) is 7.80. The minimum absolute atomic E-state index is 0. The Hall–Kier alpha value is 1.42. The average molecular weight is 414 g/mol. The van der Waals surface area contributed by atoms with Gasteiger partial charge in [-0.3, -0.25) is 0 Å². The number of allylic oxidation sites excluding steroid dienone is 4. The quantitative estimate of drug-likeness (QED) is 0.463. The second-order valence-electron chi connectivity index (χ2n) is 7.53. The maximum atomic E-state index is 2.66. The molecule has 1 rings (SSSR count). The standard InChI is InChI=1S/C17H32PSi.2ClH.Ti/c1-12(2)18(13(3)4)19(9,10)17(8)11-14(5)15(6)16(17)7;;;/h12-13H,1-10H3;2*1H;/q;;;+2/p-2. The monoisotopic (exact) mass is 413 g/mol. The van der Waals surface area contributed by atoms with Gasteiger partial charge in [0.05, 0.1) is 0 Å². The Morgan fingerprint density at radius 3 is 1.50 bits per heavy atom. The van der Waals surface area contributed by atoms with Crippen LogP contribution in [0.2, 0.25) is 18.1 Å². The summed E-state index contributed by atoms with van der Waals surface area (Å²) in [5.74, 6) is 0. The van der Waals surface area contributed by atoms with Crippen LogP contribution in [0.3, 0.4) is 0 Å². The van der Waals surface area contributed by atoms with Crippen LogP contribution in [0.5, 0.6) is 0 Å². The molecule has 0 aromatic carbocycles. The van der Waals surface area contributed by atoms with Crippen LogP contribution in [0.15, 0.2) is 20.6 Å². The van der Waals surface area contributed by atoms with Crippen LogP contribution in [0, 0.1) is 0 Å². The Morgan fingerprint density at radius 1 is 0.909 bits per heavy atom. The maximum Gasteiger partial charge on any atom is -1.00 e. The van der Waals surface area contributed by atoms with Crippen molar-refractivity contribution in [1.29, 1.82) is 0 Å². The molecule has 0 saturated carbocycles. The van der Waals surface area contributed by atoms with Gasteiger partial charge in [0.2, 0.25) is 0 Å². The summed E-state index contributed by atoms with van der Waals surface area (Å²) < 4.78 is 1.66. The number of halogens is 2. The summed E-state index contributed by atoms with van der Waals surface area (Å²) >= 11 is 2.40. The minimum Gasteiger partial charge on any atom is -1.00 e. The summed E-state index contributed by atoms with van der Waals surface area (Å²) in [5, 5.41) is 0.363. The number of hydrogen-bond donors (Lipinski definition) is 0. The van der Waals surface area contributed by atoms with Crippen molar-refractivity contribution in [3.63, 3.8) is 0 Å². The molecule has 1 unspecified atom stereocenters. The van der Waals surface area contributed by atoms with Crippen LogP contribution in [0.4, 0.5) is 0 Å². The van der Waals surface area contributed by atoms with Gasteiger partial charge in [-0.15, -0.1) is 0 Å². The van der Waals surface area contributed by atoms with Gasteiger partial charge in [0.1, 0.15) is 0 Å². The average Bonchev–Trinajstić information content (AvgIpc) is 2.44. The summed E-state index contributed by atoms with van der Waals surface area (Å²) in [5.41, 5.74) is 6.47. The molecule has 0 bridgehead atoms. The van der Waals surface area contributed by atoms with E-state index in [4.69, 9.17) is 0 Å². The van der Waals surface area contributed by atoms with E-state index >= 15 is 0 Å². The summed E-state index contributed by atoms with van der Waals surface area (Å²) in [6, 6.07) is 0. The van der Waals surface area contributed by atoms with Crippen molar-refractivity contribution < 1.29 is 45.2 Å². The zero-order valence-corrected chi connectivity index (χ0v) is 20.8. The second-order valence-corrected chi connectivity index (χ2v) is 20.2. The van der Waals surface area contributed by atoms with Crippen LogP contribution in [-0.2, 0) is 20.4 Å². The summed E-state index contributed by atoms with van der Waals surface area (Å²) in [6.07, 6.45) is 0. The van der Waals surface area contributed by atoms with E-state index < -0.39 is 7.74 Å². The third kappa shape index (κ3) is 3.81. The van der Waals surface area contributed by atoms with E-state index in [0.29, 0.717) is 5.04 Å². The summed E-state index contributed by atoms with van der Waals surface area (Å²) in [6.45, 7) is 24.8. The zero-order valence-electron chi connectivity index (χ0n) is 15.9. The fourth-order valence-corrected chi connectivity index (χ4v) is 23.2. The molecule has 0 heterocycles. The molecule has 0 amide bonds. The molecular formula is C17H32Cl2PSiTi. The fraction of sp³-hybridized carbons (Fsp3) is 0.765. The first-order chi connectivity index (χ1) is 8.90. The molecule has 1 aliphatic rings. The minimum atomic E-state index is -1.41. The fourth-order valence-electron chi connectivity index (χ4n) is 4.32. The third-order valence-electron chi connectivity index (χ3n) is 5.73. The first-order valence-corrected chi connectivity index (χ1v) is 13.9. The van der Waals surface area contributed by atoms with Gasteiger partial charge in [-0.2, -0.15) is 0 Å². The van der Waals surface area contributed by atoms with Crippen LogP contribution < -0.4 is 24.8 Å². The third-order valence-corrected chi connectivity index (χ3v) is 22.4. The van der Waals surface area contributed by atoms with Gasteiger partial charge in [-0.1, -0.05) is 0 Å². The SMILES string of the molecule is CC1=C(C)C(C)([Si](C)(C)P(C(C)C)C(C)C)[C]([Ti+2])=C1C.[Cl-].[Cl-]. The Kier molecular flexibility index (Phi) is 10.1. The molecule has 0 saturated heterocycles. The number of hydrogen-bond acceptors (Lipinski definition) is 0. The van der Waals surface area contributed by atoms with Crippen molar-refractivity contribution in [3.05, 3.63) is 20.6 Å². The van der Waals surface area contributed by atoms with Gasteiger partial charge in [0.25, 0.3) is 0 Å². The Bertz CT molecular complexity index is 435. The van der Waals surface area contributed by atoms with Crippen LogP contribution >= 0.6 is 7.47 Å². The Labute approximate surface area is 165 Å². The molecule has 1 atom stereocenters. The van der Waals surface area contributed by atoms with Crippen molar-refractivity contribution in [2.24, 2.45) is 0 Å².